The van der Waals surface area contributed by atoms with Crippen LogP contribution in [-0.4, -0.2) is 11.8 Å². The second kappa shape index (κ2) is 4.99. The van der Waals surface area contributed by atoms with E-state index >= 15 is 0 Å². The van der Waals surface area contributed by atoms with Gasteiger partial charge < -0.3 is 11.1 Å². The van der Waals surface area contributed by atoms with Crippen LogP contribution in [0.2, 0.25) is 0 Å². The van der Waals surface area contributed by atoms with Gasteiger partial charge in [-0.05, 0) is 24.6 Å². The van der Waals surface area contributed by atoms with E-state index in [1.54, 1.807) is 24.3 Å². The van der Waals surface area contributed by atoms with Gasteiger partial charge >= 0.3 is 0 Å². The number of benzene rings is 1. The first-order chi connectivity index (χ1) is 7.86. The number of nitrogens with two attached hydrogens (primary N) is 1. The predicted octanol–water partition coefficient (Wildman–Crippen LogP) is 2.16. The fourth-order valence-corrected chi connectivity index (χ4v) is 1.21. The molecule has 0 spiro atoms. The van der Waals surface area contributed by atoms with Crippen molar-refractivity contribution in [3.05, 3.63) is 29.8 Å². The Labute approximate surface area is 101 Å². The lowest BCUT2D eigenvalue weighted by Gasteiger charge is -2.21. The molecule has 0 fully saturated rings. The first-order valence-electron chi connectivity index (χ1n) is 5.58. The van der Waals surface area contributed by atoms with Crippen molar-refractivity contribution >= 4 is 17.5 Å². The minimum Gasteiger partial charge on any atom is -0.366 e. The van der Waals surface area contributed by atoms with Crippen LogP contribution in [0, 0.1) is 5.41 Å². The molecule has 0 bridgehead atoms. The molecule has 4 heteroatoms. The van der Waals surface area contributed by atoms with Crippen LogP contribution in [0.3, 0.4) is 0 Å². The Balaban J connectivity index is 2.86. The topological polar surface area (TPSA) is 72.2 Å². The normalized spacial score (nSPS) is 11.0. The maximum Gasteiger partial charge on any atom is 0.248 e. The first kappa shape index (κ1) is 13.2. The van der Waals surface area contributed by atoms with Crippen molar-refractivity contribution in [2.75, 3.05) is 5.32 Å². The largest absolute Gasteiger partial charge is 0.366 e. The SMILES string of the molecule is CCC(C)(C)C(=O)Nc1cccc(C(N)=O)c1. The van der Waals surface area contributed by atoms with E-state index in [0.29, 0.717) is 11.3 Å². The van der Waals surface area contributed by atoms with E-state index in [0.717, 1.165) is 6.42 Å². The van der Waals surface area contributed by atoms with Crippen molar-refractivity contribution in [3.63, 3.8) is 0 Å². The minimum atomic E-state index is -0.504. The summed E-state index contributed by atoms with van der Waals surface area (Å²) in [4.78, 5) is 22.9. The summed E-state index contributed by atoms with van der Waals surface area (Å²) in [6.07, 6.45) is 0.744. The number of rotatable bonds is 4. The highest BCUT2D eigenvalue weighted by Crippen LogP contribution is 2.22. The van der Waals surface area contributed by atoms with Crippen LogP contribution >= 0.6 is 0 Å². The fraction of sp³-hybridized carbons (Fsp3) is 0.385. The molecule has 0 aliphatic rings. The van der Waals surface area contributed by atoms with Crippen molar-refractivity contribution in [3.8, 4) is 0 Å². The smallest absolute Gasteiger partial charge is 0.248 e. The van der Waals surface area contributed by atoms with Crippen molar-refractivity contribution < 1.29 is 9.59 Å². The van der Waals surface area contributed by atoms with E-state index in [9.17, 15) is 9.59 Å². The molecule has 0 atom stereocenters. The van der Waals surface area contributed by atoms with E-state index in [1.807, 2.05) is 20.8 Å². The number of nitrogens with one attached hydrogen (secondary N) is 1. The Kier molecular flexibility index (Phi) is 3.89. The average molecular weight is 234 g/mol. The quantitative estimate of drug-likeness (QED) is 0.837. The van der Waals surface area contributed by atoms with Crippen molar-refractivity contribution in [1.82, 2.24) is 0 Å². The van der Waals surface area contributed by atoms with Crippen LogP contribution < -0.4 is 11.1 Å². The zero-order chi connectivity index (χ0) is 13.1. The van der Waals surface area contributed by atoms with Gasteiger partial charge in [-0.15, -0.1) is 0 Å². The van der Waals surface area contributed by atoms with Gasteiger partial charge in [-0.2, -0.15) is 0 Å². The van der Waals surface area contributed by atoms with Gasteiger partial charge in [0.15, 0.2) is 0 Å². The molecule has 0 saturated heterocycles. The molecule has 2 amide bonds. The number of hydrogen-bond acceptors (Lipinski definition) is 2. The summed E-state index contributed by atoms with van der Waals surface area (Å²) in [6, 6.07) is 6.61. The number of primary amides is 1. The molecular formula is C13H18N2O2. The standard InChI is InChI=1S/C13H18N2O2/c1-4-13(2,3)12(17)15-10-7-5-6-9(8-10)11(14)16/h5-8H,4H2,1-3H3,(H2,14,16)(H,15,17). The molecule has 1 aromatic rings. The average Bonchev–Trinajstić information content (AvgIpc) is 2.29. The lowest BCUT2D eigenvalue weighted by molar-refractivity contribution is -0.124. The maximum atomic E-state index is 11.9. The highest BCUT2D eigenvalue weighted by Gasteiger charge is 2.25. The van der Waals surface area contributed by atoms with Gasteiger partial charge in [-0.3, -0.25) is 9.59 Å². The molecule has 1 aromatic carbocycles. The van der Waals surface area contributed by atoms with E-state index < -0.39 is 11.3 Å². The van der Waals surface area contributed by atoms with Crippen LogP contribution in [0.4, 0.5) is 5.69 Å². The summed E-state index contributed by atoms with van der Waals surface area (Å²) < 4.78 is 0. The van der Waals surface area contributed by atoms with Gasteiger partial charge in [0.2, 0.25) is 11.8 Å². The summed E-state index contributed by atoms with van der Waals surface area (Å²) in [6.45, 7) is 5.71. The molecule has 0 aliphatic carbocycles. The summed E-state index contributed by atoms with van der Waals surface area (Å²) >= 11 is 0. The summed E-state index contributed by atoms with van der Waals surface area (Å²) in [5, 5.41) is 2.78. The van der Waals surface area contributed by atoms with Crippen LogP contribution in [0.15, 0.2) is 24.3 Å². The molecule has 3 N–H and O–H groups in total. The van der Waals surface area contributed by atoms with Crippen LogP contribution in [0.25, 0.3) is 0 Å². The second-order valence-corrected chi connectivity index (χ2v) is 4.64. The van der Waals surface area contributed by atoms with E-state index in [1.165, 1.54) is 0 Å². The Morgan fingerprint density at radius 3 is 2.53 bits per heavy atom. The second-order valence-electron chi connectivity index (χ2n) is 4.64. The number of amides is 2. The highest BCUT2D eigenvalue weighted by atomic mass is 16.2. The Hall–Kier alpha value is -1.84. The lowest BCUT2D eigenvalue weighted by atomic mass is 9.89. The number of anilines is 1. The zero-order valence-corrected chi connectivity index (χ0v) is 10.4. The highest BCUT2D eigenvalue weighted by molar-refractivity contribution is 5.97. The van der Waals surface area contributed by atoms with Crippen LogP contribution in [-0.2, 0) is 4.79 Å². The molecule has 0 heterocycles. The fourth-order valence-electron chi connectivity index (χ4n) is 1.21. The van der Waals surface area contributed by atoms with Crippen LogP contribution in [0.5, 0.6) is 0 Å². The van der Waals surface area contributed by atoms with Crippen molar-refractivity contribution in [1.29, 1.82) is 0 Å². The van der Waals surface area contributed by atoms with Gasteiger partial charge in [0.05, 0.1) is 0 Å². The van der Waals surface area contributed by atoms with E-state index in [4.69, 9.17) is 5.73 Å². The molecular weight excluding hydrogens is 216 g/mol. The molecule has 0 saturated carbocycles. The summed E-state index contributed by atoms with van der Waals surface area (Å²) in [7, 11) is 0. The minimum absolute atomic E-state index is 0.0679. The Morgan fingerprint density at radius 2 is 2.00 bits per heavy atom. The molecule has 0 aliphatic heterocycles. The maximum absolute atomic E-state index is 11.9. The third-order valence-corrected chi connectivity index (χ3v) is 2.90. The molecule has 0 unspecified atom stereocenters. The molecule has 17 heavy (non-hydrogen) atoms. The van der Waals surface area contributed by atoms with Crippen molar-refractivity contribution in [2.24, 2.45) is 11.1 Å². The zero-order valence-electron chi connectivity index (χ0n) is 10.4. The summed E-state index contributed by atoms with van der Waals surface area (Å²) in [5.74, 6) is -0.572. The van der Waals surface area contributed by atoms with Crippen molar-refractivity contribution in [2.45, 2.75) is 27.2 Å². The van der Waals surface area contributed by atoms with Gasteiger partial charge in [0.1, 0.15) is 0 Å². The third-order valence-electron chi connectivity index (χ3n) is 2.90. The lowest BCUT2D eigenvalue weighted by Crippen LogP contribution is -2.30. The first-order valence-corrected chi connectivity index (χ1v) is 5.58. The molecule has 0 aromatic heterocycles. The molecule has 0 radical (unpaired) electrons. The van der Waals surface area contributed by atoms with E-state index in [-0.39, 0.29) is 5.91 Å². The summed E-state index contributed by atoms with van der Waals surface area (Å²) in [5.41, 5.74) is 5.72. The Bertz CT molecular complexity index is 439. The Morgan fingerprint density at radius 1 is 1.35 bits per heavy atom. The number of hydrogen-bond donors (Lipinski definition) is 2. The van der Waals surface area contributed by atoms with E-state index in [2.05, 4.69) is 5.32 Å². The number of carbonyl (C=O) groups is 2. The molecule has 92 valence electrons. The van der Waals surface area contributed by atoms with Gasteiger partial charge in [0.25, 0.3) is 0 Å². The third kappa shape index (κ3) is 3.31. The predicted molar refractivity (Wildman–Crippen MR) is 67.7 cm³/mol. The monoisotopic (exact) mass is 234 g/mol. The van der Waals surface area contributed by atoms with Crippen LogP contribution in [0.1, 0.15) is 37.6 Å². The van der Waals surface area contributed by atoms with Gasteiger partial charge in [0, 0.05) is 16.7 Å². The molecule has 4 nitrogen and oxygen atoms in total. The van der Waals surface area contributed by atoms with Gasteiger partial charge in [-0.1, -0.05) is 26.8 Å². The van der Waals surface area contributed by atoms with Gasteiger partial charge in [-0.25, -0.2) is 0 Å². The number of carbonyl (C=O) groups excluding carboxylic acids is 2. The molecule has 1 rings (SSSR count).